The summed E-state index contributed by atoms with van der Waals surface area (Å²) in [5.41, 5.74) is 0. The molecule has 15 heavy (non-hydrogen) atoms. The monoisotopic (exact) mass is 215 g/mol. The largest absolute Gasteiger partial charge is 0.468 e. The molecule has 0 saturated carbocycles. The van der Waals surface area contributed by atoms with Crippen LogP contribution in [0, 0.1) is 5.92 Å². The summed E-state index contributed by atoms with van der Waals surface area (Å²) in [5, 5.41) is 0. The minimum atomic E-state index is -0.130. The van der Waals surface area contributed by atoms with Crippen molar-refractivity contribution in [1.29, 1.82) is 0 Å². The van der Waals surface area contributed by atoms with Crippen LogP contribution in [0.4, 0.5) is 0 Å². The molecule has 0 aromatic carbocycles. The predicted octanol–water partition coefficient (Wildman–Crippen LogP) is 2.31. The Morgan fingerprint density at radius 1 is 1.27 bits per heavy atom. The molecule has 90 valence electrons. The Balaban J connectivity index is 4.07. The first-order valence-corrected chi connectivity index (χ1v) is 5.96. The molecule has 0 bridgehead atoms. The van der Waals surface area contributed by atoms with Gasteiger partial charge in [0, 0.05) is 6.54 Å². The van der Waals surface area contributed by atoms with Gasteiger partial charge in [-0.15, -0.1) is 0 Å². The van der Waals surface area contributed by atoms with Crippen LogP contribution in [0.1, 0.15) is 40.0 Å². The van der Waals surface area contributed by atoms with Gasteiger partial charge in [0.25, 0.3) is 0 Å². The number of rotatable bonds is 8. The van der Waals surface area contributed by atoms with E-state index in [1.807, 2.05) is 0 Å². The third kappa shape index (κ3) is 6.50. The molecule has 0 fully saturated rings. The van der Waals surface area contributed by atoms with Crippen LogP contribution in [0.3, 0.4) is 0 Å². The fourth-order valence-corrected chi connectivity index (χ4v) is 1.71. The van der Waals surface area contributed by atoms with Crippen molar-refractivity contribution in [2.24, 2.45) is 5.92 Å². The number of ether oxygens (including phenoxy) is 1. The smallest absolute Gasteiger partial charge is 0.319 e. The summed E-state index contributed by atoms with van der Waals surface area (Å²) in [6.45, 7) is 8.96. The summed E-state index contributed by atoms with van der Waals surface area (Å²) in [5.74, 6) is 0.565. The van der Waals surface area contributed by atoms with Crippen LogP contribution in [-0.4, -0.2) is 37.6 Å². The van der Waals surface area contributed by atoms with Crippen molar-refractivity contribution in [2.75, 3.05) is 26.7 Å². The number of esters is 1. The van der Waals surface area contributed by atoms with E-state index in [9.17, 15) is 4.79 Å². The number of hydrogen-bond acceptors (Lipinski definition) is 3. The SMILES string of the molecule is CCCN(CC(=O)OC)CC(CC)CC. The maximum atomic E-state index is 11.2. The topological polar surface area (TPSA) is 29.5 Å². The molecule has 0 atom stereocenters. The molecule has 3 heteroatoms. The second kappa shape index (κ2) is 8.72. The molecule has 0 radical (unpaired) electrons. The van der Waals surface area contributed by atoms with Gasteiger partial charge >= 0.3 is 5.97 Å². The zero-order valence-corrected chi connectivity index (χ0v) is 10.6. The van der Waals surface area contributed by atoms with Crippen molar-refractivity contribution in [3.8, 4) is 0 Å². The van der Waals surface area contributed by atoms with E-state index in [1.165, 1.54) is 20.0 Å². The molecule has 3 nitrogen and oxygen atoms in total. The number of nitrogens with zero attached hydrogens (tertiary/aromatic N) is 1. The quantitative estimate of drug-likeness (QED) is 0.582. The van der Waals surface area contributed by atoms with Gasteiger partial charge in [0.15, 0.2) is 0 Å². The fraction of sp³-hybridized carbons (Fsp3) is 0.917. The van der Waals surface area contributed by atoms with Crippen LogP contribution < -0.4 is 0 Å². The molecule has 0 heterocycles. The third-order valence-electron chi connectivity index (χ3n) is 2.79. The molecule has 0 saturated heterocycles. The number of carbonyl (C=O) groups excluding carboxylic acids is 1. The lowest BCUT2D eigenvalue weighted by molar-refractivity contribution is -0.142. The van der Waals surface area contributed by atoms with Gasteiger partial charge in [-0.25, -0.2) is 0 Å². The second-order valence-electron chi connectivity index (χ2n) is 3.99. The first-order valence-electron chi connectivity index (χ1n) is 5.96. The summed E-state index contributed by atoms with van der Waals surface area (Å²) >= 11 is 0. The highest BCUT2D eigenvalue weighted by Gasteiger charge is 2.13. The fourth-order valence-electron chi connectivity index (χ4n) is 1.71. The Kier molecular flexibility index (Phi) is 8.38. The molecule has 0 aromatic rings. The molecular formula is C12H25NO2. The summed E-state index contributed by atoms with van der Waals surface area (Å²) in [4.78, 5) is 13.4. The van der Waals surface area contributed by atoms with Crippen molar-refractivity contribution < 1.29 is 9.53 Å². The van der Waals surface area contributed by atoms with Crippen LogP contribution in [0.2, 0.25) is 0 Å². The van der Waals surface area contributed by atoms with Gasteiger partial charge in [-0.05, 0) is 18.9 Å². The van der Waals surface area contributed by atoms with E-state index in [2.05, 4.69) is 25.7 Å². The highest BCUT2D eigenvalue weighted by atomic mass is 16.5. The van der Waals surface area contributed by atoms with E-state index in [4.69, 9.17) is 4.74 Å². The van der Waals surface area contributed by atoms with E-state index in [-0.39, 0.29) is 5.97 Å². The van der Waals surface area contributed by atoms with E-state index < -0.39 is 0 Å². The number of hydrogen-bond donors (Lipinski definition) is 0. The Hall–Kier alpha value is -0.570. The van der Waals surface area contributed by atoms with Crippen molar-refractivity contribution in [1.82, 2.24) is 4.90 Å². The summed E-state index contributed by atoms with van der Waals surface area (Å²) < 4.78 is 4.70. The van der Waals surface area contributed by atoms with Gasteiger partial charge in [-0.1, -0.05) is 33.6 Å². The zero-order valence-electron chi connectivity index (χ0n) is 10.6. The van der Waals surface area contributed by atoms with E-state index >= 15 is 0 Å². The van der Waals surface area contributed by atoms with Crippen molar-refractivity contribution in [3.05, 3.63) is 0 Å². The summed E-state index contributed by atoms with van der Waals surface area (Å²) in [6.07, 6.45) is 3.44. The van der Waals surface area contributed by atoms with Crippen LogP contribution in [0.25, 0.3) is 0 Å². The summed E-state index contributed by atoms with van der Waals surface area (Å²) in [7, 11) is 1.45. The predicted molar refractivity (Wildman–Crippen MR) is 62.8 cm³/mol. The molecule has 0 spiro atoms. The highest BCUT2D eigenvalue weighted by molar-refractivity contribution is 5.71. The van der Waals surface area contributed by atoms with E-state index in [0.29, 0.717) is 12.5 Å². The first-order chi connectivity index (χ1) is 7.17. The average molecular weight is 215 g/mol. The third-order valence-corrected chi connectivity index (χ3v) is 2.79. The minimum absolute atomic E-state index is 0.130. The molecule has 0 N–H and O–H groups in total. The number of methoxy groups -OCH3 is 1. The van der Waals surface area contributed by atoms with Gasteiger partial charge in [0.1, 0.15) is 0 Å². The van der Waals surface area contributed by atoms with E-state index in [1.54, 1.807) is 0 Å². The number of carbonyl (C=O) groups is 1. The Bertz CT molecular complexity index is 167. The molecule has 0 amide bonds. The van der Waals surface area contributed by atoms with Crippen molar-refractivity contribution in [2.45, 2.75) is 40.0 Å². The lowest BCUT2D eigenvalue weighted by Crippen LogP contribution is -2.35. The molecule has 0 aliphatic carbocycles. The summed E-state index contributed by atoms with van der Waals surface area (Å²) in [6, 6.07) is 0. The zero-order chi connectivity index (χ0) is 11.7. The molecule has 0 aromatic heterocycles. The normalized spacial score (nSPS) is 11.1. The molecule has 0 aliphatic rings. The van der Waals surface area contributed by atoms with Gasteiger partial charge in [0.05, 0.1) is 13.7 Å². The molecule has 0 unspecified atom stereocenters. The Morgan fingerprint density at radius 2 is 1.87 bits per heavy atom. The second-order valence-corrected chi connectivity index (χ2v) is 3.99. The van der Waals surface area contributed by atoms with Gasteiger partial charge in [0.2, 0.25) is 0 Å². The van der Waals surface area contributed by atoms with Crippen molar-refractivity contribution >= 4 is 5.97 Å². The first kappa shape index (κ1) is 14.4. The average Bonchev–Trinajstić information content (AvgIpc) is 2.25. The van der Waals surface area contributed by atoms with Gasteiger partial charge < -0.3 is 4.74 Å². The van der Waals surface area contributed by atoms with Gasteiger partial charge in [-0.2, -0.15) is 0 Å². The van der Waals surface area contributed by atoms with Crippen molar-refractivity contribution in [3.63, 3.8) is 0 Å². The molecule has 0 rings (SSSR count). The lowest BCUT2D eigenvalue weighted by atomic mass is 10.0. The molecular weight excluding hydrogens is 190 g/mol. The Morgan fingerprint density at radius 3 is 2.27 bits per heavy atom. The van der Waals surface area contributed by atoms with Gasteiger partial charge in [-0.3, -0.25) is 9.69 Å². The maximum Gasteiger partial charge on any atom is 0.319 e. The van der Waals surface area contributed by atoms with E-state index in [0.717, 1.165) is 19.5 Å². The van der Waals surface area contributed by atoms with Crippen LogP contribution >= 0.6 is 0 Å². The minimum Gasteiger partial charge on any atom is -0.468 e. The van der Waals surface area contributed by atoms with Crippen LogP contribution in [0.5, 0.6) is 0 Å². The molecule has 0 aliphatic heterocycles. The van der Waals surface area contributed by atoms with Crippen LogP contribution in [-0.2, 0) is 9.53 Å². The highest BCUT2D eigenvalue weighted by Crippen LogP contribution is 2.10. The lowest BCUT2D eigenvalue weighted by Gasteiger charge is -2.24. The Labute approximate surface area is 93.8 Å². The standard InChI is InChI=1S/C12H25NO2/c1-5-8-13(10-12(14)15-4)9-11(6-2)7-3/h11H,5-10H2,1-4H3. The maximum absolute atomic E-state index is 11.2. The van der Waals surface area contributed by atoms with Crippen LogP contribution in [0.15, 0.2) is 0 Å².